The van der Waals surface area contributed by atoms with Crippen LogP contribution < -0.4 is 16.0 Å². The Morgan fingerprint density at radius 2 is 2.10 bits per heavy atom. The predicted molar refractivity (Wildman–Crippen MR) is 71.5 cm³/mol. The van der Waals surface area contributed by atoms with Gasteiger partial charge in [-0.1, -0.05) is 0 Å². The van der Waals surface area contributed by atoms with Crippen molar-refractivity contribution in [2.45, 2.75) is 6.92 Å². The molecule has 0 bridgehead atoms. The number of carbonyl (C=O) groups excluding carboxylic acids is 2. The second-order valence-electron chi connectivity index (χ2n) is 3.73. The summed E-state index contributed by atoms with van der Waals surface area (Å²) in [6.45, 7) is 2.00. The minimum Gasteiger partial charge on any atom is -0.372 e. The summed E-state index contributed by atoms with van der Waals surface area (Å²) in [4.78, 5) is 37.0. The molecule has 9 heteroatoms. The number of carbonyl (C=O) groups is 2. The molecule has 0 aliphatic carbocycles. The molecule has 1 rings (SSSR count). The van der Waals surface area contributed by atoms with E-state index < -0.39 is 10.8 Å². The Morgan fingerprint density at radius 1 is 1.40 bits per heavy atom. The maximum atomic E-state index is 11.9. The summed E-state index contributed by atoms with van der Waals surface area (Å²) in [5.74, 6) is -0.758. The zero-order valence-corrected chi connectivity index (χ0v) is 11.1. The first-order valence-corrected chi connectivity index (χ1v) is 5.86. The Hall–Kier alpha value is -2.71. The van der Waals surface area contributed by atoms with Crippen molar-refractivity contribution < 1.29 is 14.5 Å². The van der Waals surface area contributed by atoms with E-state index >= 15 is 0 Å². The van der Waals surface area contributed by atoms with Gasteiger partial charge in [-0.25, -0.2) is 4.98 Å². The molecular weight excluding hydrogens is 266 g/mol. The molecular formula is C11H15N5O4. The minimum absolute atomic E-state index is 0.00555. The van der Waals surface area contributed by atoms with Crippen molar-refractivity contribution >= 4 is 23.3 Å². The van der Waals surface area contributed by atoms with Crippen LogP contribution in [0.1, 0.15) is 17.3 Å². The molecule has 3 N–H and O–H groups in total. The molecule has 1 aromatic heterocycles. The van der Waals surface area contributed by atoms with Crippen molar-refractivity contribution in [3.05, 3.63) is 27.9 Å². The van der Waals surface area contributed by atoms with Crippen LogP contribution in [0, 0.1) is 10.1 Å². The Labute approximate surface area is 114 Å². The Morgan fingerprint density at radius 3 is 2.65 bits per heavy atom. The topological polar surface area (TPSA) is 126 Å². The Kier molecular flexibility index (Phi) is 5.39. The highest BCUT2D eigenvalue weighted by Crippen LogP contribution is 2.18. The summed E-state index contributed by atoms with van der Waals surface area (Å²) in [6, 6.07) is 1.10. The molecule has 2 amide bonds. The van der Waals surface area contributed by atoms with Crippen molar-refractivity contribution in [3.8, 4) is 0 Å². The van der Waals surface area contributed by atoms with Gasteiger partial charge in [0.25, 0.3) is 11.6 Å². The highest BCUT2D eigenvalue weighted by atomic mass is 16.6. The van der Waals surface area contributed by atoms with Crippen LogP contribution in [0.15, 0.2) is 12.3 Å². The largest absolute Gasteiger partial charge is 0.372 e. The van der Waals surface area contributed by atoms with Crippen LogP contribution >= 0.6 is 0 Å². The van der Waals surface area contributed by atoms with Crippen LogP contribution in [-0.4, -0.2) is 41.9 Å². The number of likely N-dealkylation sites (N-methyl/N-ethyl adjacent to an activating group) is 1. The fourth-order valence-electron chi connectivity index (χ4n) is 1.44. The van der Waals surface area contributed by atoms with Crippen molar-refractivity contribution in [1.82, 2.24) is 15.6 Å². The number of rotatable bonds is 6. The summed E-state index contributed by atoms with van der Waals surface area (Å²) in [5.41, 5.74) is -0.293. The van der Waals surface area contributed by atoms with Crippen LogP contribution in [0.4, 0.5) is 11.5 Å². The van der Waals surface area contributed by atoms with Crippen molar-refractivity contribution in [1.29, 1.82) is 0 Å². The van der Waals surface area contributed by atoms with Gasteiger partial charge in [0.05, 0.1) is 17.0 Å². The van der Waals surface area contributed by atoms with E-state index in [9.17, 15) is 19.7 Å². The van der Waals surface area contributed by atoms with Crippen LogP contribution in [0.25, 0.3) is 0 Å². The van der Waals surface area contributed by atoms with Gasteiger partial charge in [0, 0.05) is 19.7 Å². The van der Waals surface area contributed by atoms with Crippen LogP contribution in [0.3, 0.4) is 0 Å². The number of amides is 2. The van der Waals surface area contributed by atoms with E-state index in [4.69, 9.17) is 0 Å². The van der Waals surface area contributed by atoms with Gasteiger partial charge >= 0.3 is 0 Å². The third-order valence-electron chi connectivity index (χ3n) is 2.35. The lowest BCUT2D eigenvalue weighted by atomic mass is 10.2. The van der Waals surface area contributed by atoms with Gasteiger partial charge in [-0.3, -0.25) is 19.7 Å². The number of aromatic nitrogens is 1. The first-order chi connectivity index (χ1) is 9.49. The molecule has 0 saturated carbocycles. The maximum absolute atomic E-state index is 11.9. The number of nitro groups is 1. The average molecular weight is 281 g/mol. The summed E-state index contributed by atoms with van der Waals surface area (Å²) in [5, 5.41) is 18.2. The van der Waals surface area contributed by atoms with Gasteiger partial charge in [-0.2, -0.15) is 0 Å². The SMILES string of the molecule is CCNC(=O)CNC(=O)c1cc([N+](=O)[O-])cnc1NC. The minimum atomic E-state index is -0.646. The van der Waals surface area contributed by atoms with E-state index in [-0.39, 0.29) is 29.5 Å². The number of hydrogen-bond acceptors (Lipinski definition) is 6. The Bertz CT molecular complexity index is 532. The highest BCUT2D eigenvalue weighted by Gasteiger charge is 2.17. The molecule has 0 fully saturated rings. The van der Waals surface area contributed by atoms with E-state index in [1.54, 1.807) is 6.92 Å². The molecule has 1 aromatic rings. The molecule has 0 spiro atoms. The number of anilines is 1. The standard InChI is InChI=1S/C11H15N5O4/c1-3-13-9(17)6-15-11(18)8-4-7(16(19)20)5-14-10(8)12-2/h4-5H,3,6H2,1-2H3,(H,12,14)(H,13,17)(H,15,18). The van der Waals surface area contributed by atoms with E-state index in [1.807, 2.05) is 0 Å². The predicted octanol–water partition coefficient (Wildman–Crippen LogP) is -0.103. The maximum Gasteiger partial charge on any atom is 0.288 e. The molecule has 0 aromatic carbocycles. The Balaban J connectivity index is 2.87. The fraction of sp³-hybridized carbons (Fsp3) is 0.364. The molecule has 20 heavy (non-hydrogen) atoms. The molecule has 108 valence electrons. The molecule has 0 unspecified atom stereocenters. The summed E-state index contributed by atoms with van der Waals surface area (Å²) >= 11 is 0. The summed E-state index contributed by atoms with van der Waals surface area (Å²) < 4.78 is 0. The van der Waals surface area contributed by atoms with E-state index in [0.29, 0.717) is 6.54 Å². The summed E-state index contributed by atoms with van der Waals surface area (Å²) in [6.07, 6.45) is 1.05. The van der Waals surface area contributed by atoms with Gasteiger partial charge in [0.2, 0.25) is 5.91 Å². The number of nitrogens with one attached hydrogen (secondary N) is 3. The molecule has 0 saturated heterocycles. The molecule has 0 atom stereocenters. The van der Waals surface area contributed by atoms with Gasteiger partial charge < -0.3 is 16.0 Å². The number of hydrogen-bond donors (Lipinski definition) is 3. The summed E-state index contributed by atoms with van der Waals surface area (Å²) in [7, 11) is 1.54. The first kappa shape index (κ1) is 15.3. The zero-order chi connectivity index (χ0) is 15.1. The second kappa shape index (κ2) is 7.02. The molecule has 9 nitrogen and oxygen atoms in total. The lowest BCUT2D eigenvalue weighted by Gasteiger charge is -2.08. The lowest BCUT2D eigenvalue weighted by Crippen LogP contribution is -2.37. The van der Waals surface area contributed by atoms with Gasteiger partial charge in [-0.05, 0) is 6.92 Å². The van der Waals surface area contributed by atoms with Crippen molar-refractivity contribution in [2.75, 3.05) is 25.5 Å². The third-order valence-corrected chi connectivity index (χ3v) is 2.35. The quantitative estimate of drug-likeness (QED) is 0.493. The number of nitrogens with zero attached hydrogens (tertiary/aromatic N) is 2. The van der Waals surface area contributed by atoms with E-state index in [2.05, 4.69) is 20.9 Å². The first-order valence-electron chi connectivity index (χ1n) is 5.86. The molecule has 0 aliphatic heterocycles. The monoisotopic (exact) mass is 281 g/mol. The van der Waals surface area contributed by atoms with Gasteiger partial charge in [0.1, 0.15) is 12.0 Å². The second-order valence-corrected chi connectivity index (χ2v) is 3.73. The van der Waals surface area contributed by atoms with Crippen LogP contribution in [0.5, 0.6) is 0 Å². The lowest BCUT2D eigenvalue weighted by molar-refractivity contribution is -0.385. The van der Waals surface area contributed by atoms with Crippen LogP contribution in [0.2, 0.25) is 0 Å². The highest BCUT2D eigenvalue weighted by molar-refractivity contribution is 6.00. The van der Waals surface area contributed by atoms with Crippen molar-refractivity contribution in [3.63, 3.8) is 0 Å². The fourth-order valence-corrected chi connectivity index (χ4v) is 1.44. The normalized spacial score (nSPS) is 9.70. The third kappa shape index (κ3) is 3.90. The average Bonchev–Trinajstić information content (AvgIpc) is 2.44. The van der Waals surface area contributed by atoms with Gasteiger partial charge in [0.15, 0.2) is 0 Å². The zero-order valence-electron chi connectivity index (χ0n) is 11.1. The molecule has 0 aliphatic rings. The van der Waals surface area contributed by atoms with E-state index in [0.717, 1.165) is 12.3 Å². The number of pyridine rings is 1. The van der Waals surface area contributed by atoms with Crippen molar-refractivity contribution in [2.24, 2.45) is 0 Å². The van der Waals surface area contributed by atoms with Gasteiger partial charge in [-0.15, -0.1) is 0 Å². The smallest absolute Gasteiger partial charge is 0.288 e. The molecule has 0 radical (unpaired) electrons. The van der Waals surface area contributed by atoms with E-state index in [1.165, 1.54) is 7.05 Å². The molecule has 1 heterocycles. The van der Waals surface area contributed by atoms with Crippen LogP contribution in [-0.2, 0) is 4.79 Å².